The van der Waals surface area contributed by atoms with Gasteiger partial charge >= 0.3 is 0 Å². The largest absolute Gasteiger partial charge is 0.496 e. The average molecular weight is 347 g/mol. The number of benzene rings is 2. The lowest BCUT2D eigenvalue weighted by atomic mass is 10.1. The fraction of sp³-hybridized carbons (Fsp3) is 0.222. The molecule has 5 nitrogen and oxygen atoms in total. The van der Waals surface area contributed by atoms with E-state index in [2.05, 4.69) is 10.6 Å². The summed E-state index contributed by atoms with van der Waals surface area (Å²) in [5.41, 5.74) is 2.89. The first kappa shape index (κ1) is 17.8. The van der Waals surface area contributed by atoms with Crippen molar-refractivity contribution >= 4 is 34.8 Å². The van der Waals surface area contributed by atoms with Gasteiger partial charge in [0, 0.05) is 12.6 Å². The highest BCUT2D eigenvalue weighted by atomic mass is 35.5. The van der Waals surface area contributed by atoms with Gasteiger partial charge in [0.2, 0.25) is 11.8 Å². The Labute approximate surface area is 146 Å². The number of nitrogens with one attached hydrogen (secondary N) is 2. The minimum absolute atomic E-state index is 0.169. The van der Waals surface area contributed by atoms with Crippen LogP contribution in [0.5, 0.6) is 5.75 Å². The molecule has 6 heteroatoms. The maximum absolute atomic E-state index is 12.2. The SMILES string of the molecule is COc1cc(CC(=O)Nc2ccc(Cl)c(NC(C)=O)c2)ccc1C. The average Bonchev–Trinajstić information content (AvgIpc) is 2.52. The zero-order chi connectivity index (χ0) is 17.7. The lowest BCUT2D eigenvalue weighted by molar-refractivity contribution is -0.115. The number of ether oxygens (including phenoxy) is 1. The second-order valence-electron chi connectivity index (χ2n) is 5.40. The van der Waals surface area contributed by atoms with Crippen LogP contribution in [0.15, 0.2) is 36.4 Å². The van der Waals surface area contributed by atoms with Crippen molar-refractivity contribution in [2.24, 2.45) is 0 Å². The van der Waals surface area contributed by atoms with Crippen molar-refractivity contribution in [2.45, 2.75) is 20.3 Å². The Morgan fingerprint density at radius 3 is 2.54 bits per heavy atom. The van der Waals surface area contributed by atoms with E-state index in [1.807, 2.05) is 25.1 Å². The molecule has 0 aromatic heterocycles. The highest BCUT2D eigenvalue weighted by Gasteiger charge is 2.09. The van der Waals surface area contributed by atoms with E-state index in [0.717, 1.165) is 16.9 Å². The highest BCUT2D eigenvalue weighted by Crippen LogP contribution is 2.26. The normalized spacial score (nSPS) is 10.2. The lowest BCUT2D eigenvalue weighted by Crippen LogP contribution is -2.15. The molecule has 0 fully saturated rings. The first-order valence-corrected chi connectivity index (χ1v) is 7.77. The summed E-state index contributed by atoms with van der Waals surface area (Å²) in [7, 11) is 1.60. The molecule has 0 saturated heterocycles. The van der Waals surface area contributed by atoms with Gasteiger partial charge in [0.05, 0.1) is 24.2 Å². The highest BCUT2D eigenvalue weighted by molar-refractivity contribution is 6.33. The van der Waals surface area contributed by atoms with Crippen LogP contribution in [-0.2, 0) is 16.0 Å². The molecular weight excluding hydrogens is 328 g/mol. The van der Waals surface area contributed by atoms with Crippen LogP contribution in [0.3, 0.4) is 0 Å². The fourth-order valence-electron chi connectivity index (χ4n) is 2.25. The summed E-state index contributed by atoms with van der Waals surface area (Å²) >= 11 is 6.01. The number of aryl methyl sites for hydroxylation is 1. The zero-order valence-corrected chi connectivity index (χ0v) is 14.5. The first-order chi connectivity index (χ1) is 11.4. The summed E-state index contributed by atoms with van der Waals surface area (Å²) in [6, 6.07) is 10.6. The van der Waals surface area contributed by atoms with Gasteiger partial charge in [-0.05, 0) is 42.3 Å². The van der Waals surface area contributed by atoms with E-state index < -0.39 is 0 Å². The summed E-state index contributed by atoms with van der Waals surface area (Å²) in [4.78, 5) is 23.4. The number of hydrogen-bond donors (Lipinski definition) is 2. The minimum Gasteiger partial charge on any atom is -0.496 e. The van der Waals surface area contributed by atoms with E-state index in [4.69, 9.17) is 16.3 Å². The van der Waals surface area contributed by atoms with Crippen molar-refractivity contribution in [3.05, 3.63) is 52.5 Å². The van der Waals surface area contributed by atoms with E-state index in [9.17, 15) is 9.59 Å². The number of halogens is 1. The van der Waals surface area contributed by atoms with Crippen molar-refractivity contribution < 1.29 is 14.3 Å². The maximum Gasteiger partial charge on any atom is 0.228 e. The second kappa shape index (κ2) is 7.84. The molecule has 0 aliphatic rings. The van der Waals surface area contributed by atoms with Gasteiger partial charge in [-0.3, -0.25) is 9.59 Å². The van der Waals surface area contributed by atoms with Crippen molar-refractivity contribution in [2.75, 3.05) is 17.7 Å². The molecule has 2 rings (SSSR count). The number of carbonyl (C=O) groups is 2. The standard InChI is InChI=1S/C18H19ClN2O3/c1-11-4-5-13(8-17(11)24-3)9-18(23)21-14-6-7-15(19)16(10-14)20-12(2)22/h4-8,10H,9H2,1-3H3,(H,20,22)(H,21,23). The number of carbonyl (C=O) groups excluding carboxylic acids is 2. The summed E-state index contributed by atoms with van der Waals surface area (Å²) in [6.07, 6.45) is 0.217. The number of methoxy groups -OCH3 is 1. The molecule has 0 radical (unpaired) electrons. The molecule has 0 heterocycles. The van der Waals surface area contributed by atoms with Crippen LogP contribution < -0.4 is 15.4 Å². The van der Waals surface area contributed by atoms with Crippen LogP contribution in [0.25, 0.3) is 0 Å². The van der Waals surface area contributed by atoms with Crippen LogP contribution in [-0.4, -0.2) is 18.9 Å². The Bertz CT molecular complexity index is 775. The topological polar surface area (TPSA) is 67.4 Å². The van der Waals surface area contributed by atoms with Gasteiger partial charge in [-0.25, -0.2) is 0 Å². The Morgan fingerprint density at radius 1 is 1.12 bits per heavy atom. The Morgan fingerprint density at radius 2 is 1.88 bits per heavy atom. The van der Waals surface area contributed by atoms with Crippen LogP contribution in [0, 0.1) is 6.92 Å². The van der Waals surface area contributed by atoms with Gasteiger partial charge in [-0.15, -0.1) is 0 Å². The van der Waals surface area contributed by atoms with Gasteiger partial charge in [0.25, 0.3) is 0 Å². The van der Waals surface area contributed by atoms with Gasteiger partial charge < -0.3 is 15.4 Å². The monoisotopic (exact) mass is 346 g/mol. The third-order valence-corrected chi connectivity index (χ3v) is 3.73. The molecule has 0 spiro atoms. The Balaban J connectivity index is 2.08. The Kier molecular flexibility index (Phi) is 5.82. The van der Waals surface area contributed by atoms with Gasteiger partial charge in [-0.1, -0.05) is 23.7 Å². The molecule has 2 amide bonds. The molecule has 0 bridgehead atoms. The molecule has 0 atom stereocenters. The third kappa shape index (κ3) is 4.73. The predicted molar refractivity (Wildman–Crippen MR) is 95.8 cm³/mol. The zero-order valence-electron chi connectivity index (χ0n) is 13.8. The van der Waals surface area contributed by atoms with Crippen LogP contribution >= 0.6 is 11.6 Å². The summed E-state index contributed by atoms with van der Waals surface area (Å²) in [5.74, 6) is 0.351. The van der Waals surface area contributed by atoms with Gasteiger partial charge in [0.1, 0.15) is 5.75 Å². The first-order valence-electron chi connectivity index (χ1n) is 7.39. The Hall–Kier alpha value is -2.53. The molecule has 0 aliphatic heterocycles. The van der Waals surface area contributed by atoms with Crippen LogP contribution in [0.1, 0.15) is 18.1 Å². The van der Waals surface area contributed by atoms with Crippen LogP contribution in [0.2, 0.25) is 5.02 Å². The van der Waals surface area contributed by atoms with Crippen molar-refractivity contribution in [1.82, 2.24) is 0 Å². The molecule has 0 unspecified atom stereocenters. The molecule has 2 aromatic rings. The summed E-state index contributed by atoms with van der Waals surface area (Å²) < 4.78 is 5.26. The van der Waals surface area contributed by atoms with Crippen molar-refractivity contribution in [3.63, 3.8) is 0 Å². The molecular formula is C18H19ClN2O3. The minimum atomic E-state index is -0.230. The quantitative estimate of drug-likeness (QED) is 0.865. The van der Waals surface area contributed by atoms with Crippen LogP contribution in [0.4, 0.5) is 11.4 Å². The number of rotatable bonds is 5. The van der Waals surface area contributed by atoms with E-state index in [1.165, 1.54) is 6.92 Å². The molecule has 0 saturated carbocycles. The molecule has 24 heavy (non-hydrogen) atoms. The predicted octanol–water partition coefficient (Wildman–Crippen LogP) is 3.80. The van der Waals surface area contributed by atoms with E-state index in [0.29, 0.717) is 16.4 Å². The number of amides is 2. The summed E-state index contributed by atoms with van der Waals surface area (Å²) in [6.45, 7) is 3.34. The van der Waals surface area contributed by atoms with E-state index in [-0.39, 0.29) is 18.2 Å². The number of anilines is 2. The number of hydrogen-bond acceptors (Lipinski definition) is 3. The fourth-order valence-corrected chi connectivity index (χ4v) is 2.42. The van der Waals surface area contributed by atoms with Crippen molar-refractivity contribution in [1.29, 1.82) is 0 Å². The molecule has 2 aromatic carbocycles. The third-order valence-electron chi connectivity index (χ3n) is 3.40. The maximum atomic E-state index is 12.2. The van der Waals surface area contributed by atoms with E-state index >= 15 is 0 Å². The van der Waals surface area contributed by atoms with E-state index in [1.54, 1.807) is 25.3 Å². The second-order valence-corrected chi connectivity index (χ2v) is 5.81. The smallest absolute Gasteiger partial charge is 0.228 e. The molecule has 0 aliphatic carbocycles. The molecule has 2 N–H and O–H groups in total. The lowest BCUT2D eigenvalue weighted by Gasteiger charge is -2.10. The van der Waals surface area contributed by atoms with Gasteiger partial charge in [-0.2, -0.15) is 0 Å². The van der Waals surface area contributed by atoms with Gasteiger partial charge in [0.15, 0.2) is 0 Å². The van der Waals surface area contributed by atoms with Crippen molar-refractivity contribution in [3.8, 4) is 5.75 Å². The summed E-state index contributed by atoms with van der Waals surface area (Å²) in [5, 5.41) is 5.82. The molecule has 126 valence electrons.